The molecule has 0 spiro atoms. The summed E-state index contributed by atoms with van der Waals surface area (Å²) >= 11 is 2.14. The number of para-hydroxylation sites is 1. The average molecular weight is 503 g/mol. The summed E-state index contributed by atoms with van der Waals surface area (Å²) in [5.74, 6) is -1.19. The Morgan fingerprint density at radius 2 is 1.83 bits per heavy atom. The molecule has 0 radical (unpaired) electrons. The number of carbonyl (C=O) groups excluding carboxylic acids is 2. The molecule has 0 bridgehead atoms. The smallest absolute Gasteiger partial charge is 0.360 e. The van der Waals surface area contributed by atoms with Gasteiger partial charge in [0.05, 0.1) is 18.0 Å². The van der Waals surface area contributed by atoms with Crippen LogP contribution in [-0.2, 0) is 4.74 Å². The fourth-order valence-corrected chi connectivity index (χ4v) is 3.03. The molecule has 2 aromatic carbocycles. The minimum absolute atomic E-state index is 0.00170. The third-order valence-electron chi connectivity index (χ3n) is 4.10. The van der Waals surface area contributed by atoms with Crippen molar-refractivity contribution < 1.29 is 14.3 Å². The zero-order valence-electron chi connectivity index (χ0n) is 15.8. The molecule has 29 heavy (non-hydrogen) atoms. The predicted molar refractivity (Wildman–Crippen MR) is 118 cm³/mol. The van der Waals surface area contributed by atoms with Crippen LogP contribution in [0.3, 0.4) is 0 Å². The Bertz CT molecular complexity index is 1120. The number of nitrogens with one attached hydrogen (secondary N) is 1. The summed E-state index contributed by atoms with van der Waals surface area (Å²) in [6.45, 7) is 3.63. The van der Waals surface area contributed by atoms with Crippen LogP contribution in [-0.4, -0.2) is 28.3 Å². The van der Waals surface area contributed by atoms with Crippen LogP contribution < -0.4 is 10.9 Å². The molecular weight excluding hydrogens is 485 g/mol. The Morgan fingerprint density at radius 1 is 1.14 bits per heavy atom. The van der Waals surface area contributed by atoms with Crippen LogP contribution in [0, 0.1) is 10.5 Å². The van der Waals surface area contributed by atoms with Crippen molar-refractivity contribution in [3.05, 3.63) is 85.3 Å². The maximum atomic E-state index is 12.7. The lowest BCUT2D eigenvalue weighted by molar-refractivity contribution is 0.0518. The molecule has 1 N–H and O–H groups in total. The number of benzene rings is 2. The molecule has 0 aliphatic rings. The van der Waals surface area contributed by atoms with Gasteiger partial charge in [-0.15, -0.1) is 0 Å². The molecular formula is C21H18IN3O4. The molecule has 148 valence electrons. The predicted octanol–water partition coefficient (Wildman–Crippen LogP) is 3.57. The number of anilines is 1. The fourth-order valence-electron chi connectivity index (χ4n) is 2.67. The summed E-state index contributed by atoms with van der Waals surface area (Å²) < 4.78 is 7.17. The highest BCUT2D eigenvalue weighted by atomic mass is 127. The fraction of sp³-hybridized carbons (Fsp3) is 0.143. The molecule has 0 aliphatic heterocycles. The molecule has 0 saturated heterocycles. The number of aryl methyl sites for hydroxylation is 1. The van der Waals surface area contributed by atoms with Gasteiger partial charge in [0, 0.05) is 15.2 Å². The quantitative estimate of drug-likeness (QED) is 0.425. The van der Waals surface area contributed by atoms with Gasteiger partial charge in [0.2, 0.25) is 0 Å². The third-order valence-corrected chi connectivity index (χ3v) is 4.82. The molecule has 0 atom stereocenters. The topological polar surface area (TPSA) is 90.3 Å². The van der Waals surface area contributed by atoms with E-state index in [1.54, 1.807) is 43.3 Å². The van der Waals surface area contributed by atoms with Crippen LogP contribution in [0.25, 0.3) is 5.69 Å². The van der Waals surface area contributed by atoms with E-state index in [0.717, 1.165) is 13.8 Å². The number of hydrogen-bond acceptors (Lipinski definition) is 5. The Balaban J connectivity index is 2.06. The van der Waals surface area contributed by atoms with E-state index in [4.69, 9.17) is 4.74 Å². The first-order valence-electron chi connectivity index (χ1n) is 8.85. The number of nitrogens with zero attached hydrogens (tertiary/aromatic N) is 2. The van der Waals surface area contributed by atoms with Crippen LogP contribution in [0.2, 0.25) is 0 Å². The van der Waals surface area contributed by atoms with Crippen LogP contribution >= 0.6 is 22.6 Å². The maximum Gasteiger partial charge on any atom is 0.360 e. The second-order valence-corrected chi connectivity index (χ2v) is 7.37. The first-order valence-corrected chi connectivity index (χ1v) is 9.93. The number of rotatable bonds is 5. The Kier molecular flexibility index (Phi) is 6.42. The number of amides is 1. The number of aromatic nitrogens is 2. The summed E-state index contributed by atoms with van der Waals surface area (Å²) in [4.78, 5) is 37.7. The van der Waals surface area contributed by atoms with Crippen molar-refractivity contribution >= 4 is 40.2 Å². The first kappa shape index (κ1) is 20.7. The van der Waals surface area contributed by atoms with Gasteiger partial charge in [-0.25, -0.2) is 4.79 Å². The van der Waals surface area contributed by atoms with Crippen molar-refractivity contribution in [3.63, 3.8) is 0 Å². The molecule has 7 nitrogen and oxygen atoms in total. The van der Waals surface area contributed by atoms with Crippen LogP contribution in [0.15, 0.2) is 59.4 Å². The van der Waals surface area contributed by atoms with E-state index in [-0.39, 0.29) is 18.0 Å². The Hall–Kier alpha value is -3.01. The third kappa shape index (κ3) is 4.70. The lowest BCUT2D eigenvalue weighted by atomic mass is 10.2. The lowest BCUT2D eigenvalue weighted by Crippen LogP contribution is -2.27. The maximum absolute atomic E-state index is 12.7. The van der Waals surface area contributed by atoms with Crippen molar-refractivity contribution in [2.75, 3.05) is 11.9 Å². The molecule has 0 aliphatic carbocycles. The summed E-state index contributed by atoms with van der Waals surface area (Å²) in [6.07, 6.45) is 0. The highest BCUT2D eigenvalue weighted by molar-refractivity contribution is 14.1. The molecule has 8 heteroatoms. The van der Waals surface area contributed by atoms with Crippen molar-refractivity contribution in [1.82, 2.24) is 9.78 Å². The molecule has 1 amide bonds. The van der Waals surface area contributed by atoms with E-state index in [9.17, 15) is 14.4 Å². The van der Waals surface area contributed by atoms with Gasteiger partial charge in [-0.1, -0.05) is 18.2 Å². The number of halogens is 1. The molecule has 3 rings (SSSR count). The molecule has 0 unspecified atom stereocenters. The normalized spacial score (nSPS) is 10.4. The van der Waals surface area contributed by atoms with E-state index in [2.05, 4.69) is 33.0 Å². The summed E-state index contributed by atoms with van der Waals surface area (Å²) in [5, 5.41) is 6.80. The largest absolute Gasteiger partial charge is 0.461 e. The second-order valence-electron chi connectivity index (χ2n) is 6.12. The first-order chi connectivity index (χ1) is 13.9. The van der Waals surface area contributed by atoms with Crippen LogP contribution in [0.5, 0.6) is 0 Å². The van der Waals surface area contributed by atoms with Gasteiger partial charge >= 0.3 is 5.97 Å². The van der Waals surface area contributed by atoms with Crippen molar-refractivity contribution in [1.29, 1.82) is 0 Å². The lowest BCUT2D eigenvalue weighted by Gasteiger charge is -2.13. The standard InChI is InChI=1S/C21H18IN3O4/c1-3-29-21(28)19-16(23-20(27)14-8-10-15(22)11-9-14)12-18(26)25(24-19)17-7-5-4-6-13(17)2/h4-12H,3H2,1-2H3,(H,23,27). The molecule has 1 heterocycles. The van der Waals surface area contributed by atoms with Gasteiger partial charge in [-0.05, 0) is 72.3 Å². The van der Waals surface area contributed by atoms with E-state index in [1.807, 2.05) is 19.1 Å². The SMILES string of the molecule is CCOC(=O)c1nn(-c2ccccc2C)c(=O)cc1NC(=O)c1ccc(I)cc1. The van der Waals surface area contributed by atoms with Crippen LogP contribution in [0.1, 0.15) is 33.3 Å². The van der Waals surface area contributed by atoms with E-state index in [0.29, 0.717) is 11.3 Å². The monoisotopic (exact) mass is 503 g/mol. The summed E-state index contributed by atoms with van der Waals surface area (Å²) in [6, 6.07) is 15.2. The molecule has 1 aromatic heterocycles. The van der Waals surface area contributed by atoms with Crippen LogP contribution in [0.4, 0.5) is 5.69 Å². The summed E-state index contributed by atoms with van der Waals surface area (Å²) in [7, 11) is 0. The van der Waals surface area contributed by atoms with E-state index in [1.165, 1.54) is 6.07 Å². The van der Waals surface area contributed by atoms with Gasteiger partial charge in [0.25, 0.3) is 11.5 Å². The average Bonchev–Trinajstić information content (AvgIpc) is 2.69. The van der Waals surface area contributed by atoms with Gasteiger partial charge < -0.3 is 10.1 Å². The zero-order valence-corrected chi connectivity index (χ0v) is 18.0. The number of carbonyl (C=O) groups is 2. The van der Waals surface area contributed by atoms with Gasteiger partial charge in [0.15, 0.2) is 5.69 Å². The minimum atomic E-state index is -0.729. The van der Waals surface area contributed by atoms with Crippen molar-refractivity contribution in [3.8, 4) is 5.69 Å². The number of esters is 1. The van der Waals surface area contributed by atoms with Crippen molar-refractivity contribution in [2.24, 2.45) is 0 Å². The highest BCUT2D eigenvalue weighted by Crippen LogP contribution is 2.17. The van der Waals surface area contributed by atoms with Gasteiger partial charge in [-0.3, -0.25) is 9.59 Å². The Labute approximate surface area is 180 Å². The molecule has 3 aromatic rings. The molecule has 0 saturated carbocycles. The van der Waals surface area contributed by atoms with E-state index >= 15 is 0 Å². The van der Waals surface area contributed by atoms with E-state index < -0.39 is 17.4 Å². The molecule has 0 fully saturated rings. The van der Waals surface area contributed by atoms with Gasteiger partial charge in [0.1, 0.15) is 0 Å². The van der Waals surface area contributed by atoms with Crippen molar-refractivity contribution in [2.45, 2.75) is 13.8 Å². The second kappa shape index (κ2) is 8.99. The van der Waals surface area contributed by atoms with Gasteiger partial charge in [-0.2, -0.15) is 9.78 Å². The minimum Gasteiger partial charge on any atom is -0.461 e. The zero-order chi connectivity index (χ0) is 21.0. The number of hydrogen-bond donors (Lipinski definition) is 1. The highest BCUT2D eigenvalue weighted by Gasteiger charge is 2.21. The number of ether oxygens (including phenoxy) is 1. The Morgan fingerprint density at radius 3 is 2.48 bits per heavy atom. The summed E-state index contributed by atoms with van der Waals surface area (Å²) in [5.41, 5.74) is 1.12.